The van der Waals surface area contributed by atoms with E-state index in [9.17, 15) is 0 Å². The maximum absolute atomic E-state index is 2.65. The molecule has 0 bridgehead atoms. The Morgan fingerprint density at radius 3 is 2.46 bits per heavy atom. The fourth-order valence-electron chi connectivity index (χ4n) is 6.03. The van der Waals surface area contributed by atoms with Crippen LogP contribution >= 0.6 is 10.0 Å². The molecular formula is C25H24S. The average molecular weight is 357 g/mol. The zero-order valence-electron chi connectivity index (χ0n) is 15.2. The van der Waals surface area contributed by atoms with Crippen LogP contribution in [0, 0.1) is 0 Å². The third kappa shape index (κ3) is 1.77. The van der Waals surface area contributed by atoms with Crippen LogP contribution in [0.2, 0.25) is 0 Å². The van der Waals surface area contributed by atoms with Crippen LogP contribution in [0.4, 0.5) is 0 Å². The number of hydrogen-bond acceptors (Lipinski definition) is 0. The van der Waals surface area contributed by atoms with Crippen LogP contribution in [0.3, 0.4) is 0 Å². The van der Waals surface area contributed by atoms with Crippen molar-refractivity contribution >= 4 is 10.0 Å². The second kappa shape index (κ2) is 5.27. The second-order valence-corrected chi connectivity index (χ2v) is 11.9. The molecule has 3 aromatic carbocycles. The molecule has 0 spiro atoms. The summed E-state index contributed by atoms with van der Waals surface area (Å²) in [5.41, 5.74) is 8.15. The van der Waals surface area contributed by atoms with Crippen molar-refractivity contribution in [3.63, 3.8) is 0 Å². The van der Waals surface area contributed by atoms with Gasteiger partial charge < -0.3 is 0 Å². The van der Waals surface area contributed by atoms with Crippen molar-refractivity contribution in [3.8, 4) is 0 Å². The maximum Gasteiger partial charge on any atom is 0.0266 e. The van der Waals surface area contributed by atoms with Crippen LogP contribution in [0.1, 0.15) is 50.7 Å². The maximum atomic E-state index is 2.65. The number of aryl methyl sites for hydroxylation is 1. The van der Waals surface area contributed by atoms with Gasteiger partial charge in [-0.15, -0.1) is 0 Å². The van der Waals surface area contributed by atoms with Gasteiger partial charge in [0.1, 0.15) is 0 Å². The van der Waals surface area contributed by atoms with E-state index in [-0.39, 0.29) is 0 Å². The molecule has 130 valence electrons. The molecule has 0 N–H and O–H groups in total. The first-order valence-electron chi connectivity index (χ1n) is 9.79. The fourth-order valence-corrected chi connectivity index (χ4v) is 11.0. The van der Waals surface area contributed by atoms with Gasteiger partial charge in [0, 0.05) is 16.4 Å². The third-order valence-electron chi connectivity index (χ3n) is 7.14. The lowest BCUT2D eigenvalue weighted by Gasteiger charge is -2.58. The molecule has 3 aromatic rings. The predicted molar refractivity (Wildman–Crippen MR) is 111 cm³/mol. The monoisotopic (exact) mass is 356 g/mol. The van der Waals surface area contributed by atoms with Gasteiger partial charge in [-0.1, -0.05) is 66.7 Å². The van der Waals surface area contributed by atoms with Gasteiger partial charge in [0.25, 0.3) is 0 Å². The lowest BCUT2D eigenvalue weighted by atomic mass is 9.95. The van der Waals surface area contributed by atoms with E-state index >= 15 is 0 Å². The number of rotatable bonds is 2. The van der Waals surface area contributed by atoms with Crippen molar-refractivity contribution in [1.29, 1.82) is 0 Å². The lowest BCUT2D eigenvalue weighted by Crippen LogP contribution is -2.28. The van der Waals surface area contributed by atoms with Gasteiger partial charge in [0.05, 0.1) is 0 Å². The van der Waals surface area contributed by atoms with Crippen LogP contribution in [0.15, 0.2) is 77.7 Å². The highest BCUT2D eigenvalue weighted by molar-refractivity contribution is 8.34. The molecule has 1 heteroatoms. The zero-order valence-corrected chi connectivity index (χ0v) is 16.0. The molecule has 26 heavy (non-hydrogen) atoms. The number of hydrogen-bond donors (Lipinski definition) is 0. The first kappa shape index (κ1) is 15.1. The summed E-state index contributed by atoms with van der Waals surface area (Å²) in [6.07, 6.45) is 6.49. The van der Waals surface area contributed by atoms with E-state index in [2.05, 4.69) is 79.1 Å². The Morgan fingerprint density at radius 1 is 0.808 bits per heavy atom. The van der Waals surface area contributed by atoms with Gasteiger partial charge in [0.2, 0.25) is 0 Å². The molecule has 6 rings (SSSR count). The molecule has 0 radical (unpaired) electrons. The second-order valence-electron chi connectivity index (χ2n) is 8.24. The minimum absolute atomic E-state index is 0.675. The molecule has 1 aliphatic heterocycles. The number of benzene rings is 3. The van der Waals surface area contributed by atoms with Gasteiger partial charge in [-0.3, -0.25) is 0 Å². The highest BCUT2D eigenvalue weighted by atomic mass is 32.3. The summed E-state index contributed by atoms with van der Waals surface area (Å²) in [4.78, 5) is 1.72. The summed E-state index contributed by atoms with van der Waals surface area (Å²) >= 11 is 0. The lowest BCUT2D eigenvalue weighted by molar-refractivity contribution is 0.688. The fraction of sp³-hybridized carbons (Fsp3) is 0.280. The standard InChI is InChI=1S/C25H24S/c1-26(22-15-14-18-10-5-6-12-20(18)22)23-13-7-11-19-16-21(25(26)24(19)23)17-8-3-2-4-9-17/h2-13,21-22,25H,14-16H2,1H3. The smallest absolute Gasteiger partial charge is 0.0266 e. The van der Waals surface area contributed by atoms with Gasteiger partial charge in [-0.05, 0) is 64.3 Å². The minimum atomic E-state index is -0.826. The summed E-state index contributed by atoms with van der Waals surface area (Å²) in [5.74, 6) is 0.675. The van der Waals surface area contributed by atoms with Crippen molar-refractivity contribution < 1.29 is 0 Å². The quantitative estimate of drug-likeness (QED) is 0.487. The SMILES string of the molecule is CS1(C2CCc3ccccc32)c2cccc3c2C1C(c1ccccc1)C3. The summed E-state index contributed by atoms with van der Waals surface area (Å²) < 4.78 is 0. The van der Waals surface area contributed by atoms with Gasteiger partial charge >= 0.3 is 0 Å². The van der Waals surface area contributed by atoms with E-state index in [0.29, 0.717) is 5.92 Å². The summed E-state index contributed by atoms with van der Waals surface area (Å²) in [6.45, 7) is 0. The normalized spacial score (nSPS) is 33.0. The molecule has 2 aliphatic carbocycles. The van der Waals surface area contributed by atoms with Crippen molar-refractivity contribution in [1.82, 2.24) is 0 Å². The molecule has 0 saturated carbocycles. The Kier molecular flexibility index (Phi) is 3.06. The van der Waals surface area contributed by atoms with Gasteiger partial charge in [0.15, 0.2) is 0 Å². The third-order valence-corrected chi connectivity index (χ3v) is 11.7. The van der Waals surface area contributed by atoms with Crippen LogP contribution < -0.4 is 0 Å². The Bertz CT molecular complexity index is 1010. The van der Waals surface area contributed by atoms with Crippen molar-refractivity contribution in [2.24, 2.45) is 0 Å². The van der Waals surface area contributed by atoms with Crippen molar-refractivity contribution in [2.45, 2.75) is 40.6 Å². The molecule has 4 unspecified atom stereocenters. The Morgan fingerprint density at radius 2 is 1.58 bits per heavy atom. The topological polar surface area (TPSA) is 0 Å². The highest BCUT2D eigenvalue weighted by Crippen LogP contribution is 2.86. The predicted octanol–water partition coefficient (Wildman–Crippen LogP) is 6.56. The molecule has 0 fully saturated rings. The molecular weight excluding hydrogens is 332 g/mol. The largest absolute Gasteiger partial charge is 0.202 e. The van der Waals surface area contributed by atoms with Gasteiger partial charge in [-0.2, -0.15) is 0 Å². The zero-order chi connectivity index (χ0) is 17.3. The van der Waals surface area contributed by atoms with E-state index in [1.807, 2.05) is 0 Å². The molecule has 4 atom stereocenters. The summed E-state index contributed by atoms with van der Waals surface area (Å²) in [6, 6.07) is 27.7. The summed E-state index contributed by atoms with van der Waals surface area (Å²) in [7, 11) is -0.826. The molecule has 0 aromatic heterocycles. The first-order chi connectivity index (χ1) is 12.8. The molecule has 0 amide bonds. The van der Waals surface area contributed by atoms with Crippen LogP contribution in [0.5, 0.6) is 0 Å². The van der Waals surface area contributed by atoms with E-state index in [4.69, 9.17) is 0 Å². The van der Waals surface area contributed by atoms with Crippen LogP contribution in [-0.4, -0.2) is 6.26 Å². The molecule has 1 heterocycles. The summed E-state index contributed by atoms with van der Waals surface area (Å²) in [5, 5.41) is 1.50. The molecule has 0 saturated heterocycles. The van der Waals surface area contributed by atoms with E-state index < -0.39 is 10.0 Å². The van der Waals surface area contributed by atoms with Crippen LogP contribution in [-0.2, 0) is 12.8 Å². The Balaban J connectivity index is 1.52. The van der Waals surface area contributed by atoms with Crippen molar-refractivity contribution in [3.05, 3.63) is 101 Å². The van der Waals surface area contributed by atoms with Gasteiger partial charge in [-0.25, -0.2) is 10.0 Å². The van der Waals surface area contributed by atoms with E-state index in [0.717, 1.165) is 10.5 Å². The number of fused-ring (bicyclic) bond motifs is 1. The molecule has 0 nitrogen and oxygen atoms in total. The molecule has 3 aliphatic rings. The minimum Gasteiger partial charge on any atom is -0.202 e. The van der Waals surface area contributed by atoms with E-state index in [1.165, 1.54) is 19.3 Å². The Hall–Kier alpha value is -1.99. The van der Waals surface area contributed by atoms with Crippen LogP contribution in [0.25, 0.3) is 0 Å². The Labute approximate surface area is 157 Å². The van der Waals surface area contributed by atoms with E-state index in [1.54, 1.807) is 32.7 Å². The highest BCUT2D eigenvalue weighted by Gasteiger charge is 2.57. The van der Waals surface area contributed by atoms with Crippen molar-refractivity contribution in [2.75, 3.05) is 6.26 Å². The first-order valence-corrected chi connectivity index (χ1v) is 12.0. The average Bonchev–Trinajstić information content (AvgIpc) is 3.29.